The molecule has 1 aromatic heterocycles. The summed E-state index contributed by atoms with van der Waals surface area (Å²) in [7, 11) is 5.36. The Labute approximate surface area is 288 Å². The predicted octanol–water partition coefficient (Wildman–Crippen LogP) is 3.25. The molecule has 1 spiro atoms. The minimum atomic E-state index is -0.990. The van der Waals surface area contributed by atoms with Gasteiger partial charge in [-0.2, -0.15) is 4.57 Å². The van der Waals surface area contributed by atoms with E-state index >= 15 is 0 Å². The summed E-state index contributed by atoms with van der Waals surface area (Å²) in [6, 6.07) is 3.82. The van der Waals surface area contributed by atoms with E-state index in [0.717, 1.165) is 11.3 Å². The topological polar surface area (TPSA) is 125 Å². The van der Waals surface area contributed by atoms with Crippen molar-refractivity contribution < 1.29 is 47.7 Å². The standard InChI is InChI=1S/C38H49N2O9/c1-21-18-22(2)38-26(12-13-28-31(38)32(42)23(3)34(35(28)49-38)48-36(43)25-10-8-9-11-25)19-29(45-7)37(44)47-33(21)24(4)46-30(41)20-40-16-14-27(15-17-40)39(5)6/h8-10,12-18,21,23-24,26,28-29,31-35,42H,11,19-20H2,1-7H3/q+1/b22-18+/t21-,23-,24-,26?,28-,29+,31+,32-,33+,34-,35-,38+/m1/s1. The van der Waals surface area contributed by atoms with Crippen molar-refractivity contribution in [2.24, 2.45) is 29.6 Å². The number of hydrogen-bond acceptors (Lipinski definition) is 10. The lowest BCUT2D eigenvalue weighted by Gasteiger charge is -2.49. The summed E-state index contributed by atoms with van der Waals surface area (Å²) >= 11 is 0. The van der Waals surface area contributed by atoms with Gasteiger partial charge in [0.25, 0.3) is 0 Å². The van der Waals surface area contributed by atoms with Crippen molar-refractivity contribution >= 4 is 23.6 Å². The quantitative estimate of drug-likeness (QED) is 0.190. The van der Waals surface area contributed by atoms with E-state index in [9.17, 15) is 19.5 Å². The Balaban J connectivity index is 1.28. The second kappa shape index (κ2) is 13.8. The van der Waals surface area contributed by atoms with Crippen molar-refractivity contribution in [1.29, 1.82) is 0 Å². The summed E-state index contributed by atoms with van der Waals surface area (Å²) in [5.41, 5.74) is 1.46. The van der Waals surface area contributed by atoms with Gasteiger partial charge in [-0.25, -0.2) is 14.4 Å². The van der Waals surface area contributed by atoms with Gasteiger partial charge in [0.15, 0.2) is 18.5 Å². The Morgan fingerprint density at radius 3 is 2.57 bits per heavy atom. The number of ether oxygens (including phenoxy) is 5. The molecule has 1 N–H and O–H groups in total. The van der Waals surface area contributed by atoms with Crippen LogP contribution in [-0.2, 0) is 44.6 Å². The number of methoxy groups -OCH3 is 1. The minimum Gasteiger partial charge on any atom is -0.456 e. The van der Waals surface area contributed by atoms with Crippen LogP contribution in [-0.4, -0.2) is 86.4 Å². The number of cyclic esters (lactones) is 1. The fraction of sp³-hybridized carbons (Fsp3) is 0.579. The molecule has 0 aromatic carbocycles. The maximum absolute atomic E-state index is 13.7. The third kappa shape index (κ3) is 6.37. The average Bonchev–Trinajstić information content (AvgIpc) is 3.67. The van der Waals surface area contributed by atoms with Gasteiger partial charge in [0, 0.05) is 74.2 Å². The first kappa shape index (κ1) is 35.0. The Bertz CT molecular complexity index is 1560. The van der Waals surface area contributed by atoms with Crippen LogP contribution < -0.4 is 9.47 Å². The highest BCUT2D eigenvalue weighted by Crippen LogP contribution is 2.61. The number of esters is 3. The molecule has 264 valence electrons. The van der Waals surface area contributed by atoms with Gasteiger partial charge in [0.1, 0.15) is 30.0 Å². The van der Waals surface area contributed by atoms with E-state index in [1.165, 1.54) is 7.11 Å². The van der Waals surface area contributed by atoms with Gasteiger partial charge in [-0.15, -0.1) is 0 Å². The maximum Gasteiger partial charge on any atom is 0.373 e. The van der Waals surface area contributed by atoms with E-state index in [-0.39, 0.29) is 36.6 Å². The number of aromatic nitrogens is 1. The molecule has 12 atom stereocenters. The number of carbonyl (C=O) groups is 3. The molecular weight excluding hydrogens is 628 g/mol. The van der Waals surface area contributed by atoms with Crippen molar-refractivity contribution in [2.75, 3.05) is 26.1 Å². The monoisotopic (exact) mass is 677 g/mol. The molecule has 11 nitrogen and oxygen atoms in total. The number of allylic oxidation sites excluding steroid dienone is 3. The summed E-state index contributed by atoms with van der Waals surface area (Å²) in [4.78, 5) is 41.9. The third-order valence-corrected chi connectivity index (χ3v) is 11.2. The number of nitrogens with zero attached hydrogens (tertiary/aromatic N) is 2. The number of rotatable bonds is 8. The molecule has 1 saturated heterocycles. The van der Waals surface area contributed by atoms with Gasteiger partial charge in [0.05, 0.1) is 6.10 Å². The van der Waals surface area contributed by atoms with Gasteiger partial charge in [-0.05, 0) is 32.3 Å². The molecule has 49 heavy (non-hydrogen) atoms. The van der Waals surface area contributed by atoms with E-state index < -0.39 is 66.1 Å². The van der Waals surface area contributed by atoms with Gasteiger partial charge < -0.3 is 33.7 Å². The van der Waals surface area contributed by atoms with Crippen LogP contribution in [0.2, 0.25) is 0 Å². The molecule has 3 heterocycles. The van der Waals surface area contributed by atoms with Crippen molar-refractivity contribution in [3.63, 3.8) is 0 Å². The third-order valence-electron chi connectivity index (χ3n) is 11.2. The van der Waals surface area contributed by atoms with Gasteiger partial charge in [0.2, 0.25) is 6.54 Å². The van der Waals surface area contributed by atoms with Crippen molar-refractivity contribution in [3.05, 3.63) is 72.1 Å². The molecule has 1 aromatic rings. The van der Waals surface area contributed by atoms with E-state index in [4.69, 9.17) is 23.7 Å². The molecule has 11 heteroatoms. The number of anilines is 1. The second-order valence-corrected chi connectivity index (χ2v) is 14.4. The molecule has 4 bridgehead atoms. The number of aliphatic hydroxyl groups is 1. The second-order valence-electron chi connectivity index (χ2n) is 14.4. The van der Waals surface area contributed by atoms with Crippen LogP contribution >= 0.6 is 0 Å². The molecular formula is C38H49N2O9+. The maximum atomic E-state index is 13.7. The first-order valence-corrected chi connectivity index (χ1v) is 17.2. The summed E-state index contributed by atoms with van der Waals surface area (Å²) in [6.07, 6.45) is 11.5. The molecule has 1 unspecified atom stereocenters. The van der Waals surface area contributed by atoms with E-state index in [1.54, 1.807) is 17.6 Å². The summed E-state index contributed by atoms with van der Waals surface area (Å²) in [6.45, 7) is 7.53. The smallest absolute Gasteiger partial charge is 0.373 e. The fourth-order valence-electron chi connectivity index (χ4n) is 8.60. The van der Waals surface area contributed by atoms with Crippen LogP contribution in [0, 0.1) is 29.6 Å². The van der Waals surface area contributed by atoms with Crippen molar-refractivity contribution in [3.8, 4) is 0 Å². The zero-order valence-electron chi connectivity index (χ0n) is 29.4. The zero-order valence-corrected chi connectivity index (χ0v) is 29.4. The molecule has 1 saturated carbocycles. The van der Waals surface area contributed by atoms with Gasteiger partial charge in [-0.1, -0.05) is 50.3 Å². The van der Waals surface area contributed by atoms with Crippen LogP contribution in [0.1, 0.15) is 40.5 Å². The highest BCUT2D eigenvalue weighted by molar-refractivity contribution is 5.90. The SMILES string of the molecule is CO[C@H]1CC2C=C[C@H]3[C@H]4O[C@]2(/C(C)=C/[C@@H](C)[C@@H]([C@@H](C)OC(=O)C[n+]2ccc(N(C)C)cc2)OC1=O)[C@@H]3[C@H](O)[C@@H](C)[C@H]4OC(=O)C1=CC=CC1. The molecule has 2 fully saturated rings. The predicted molar refractivity (Wildman–Crippen MR) is 179 cm³/mol. The molecule has 0 radical (unpaired) electrons. The summed E-state index contributed by atoms with van der Waals surface area (Å²) < 4.78 is 32.6. The largest absolute Gasteiger partial charge is 0.456 e. The first-order valence-electron chi connectivity index (χ1n) is 17.2. The molecule has 0 amide bonds. The van der Waals surface area contributed by atoms with Crippen LogP contribution in [0.15, 0.2) is 72.1 Å². The first-order chi connectivity index (χ1) is 23.3. The van der Waals surface area contributed by atoms with Crippen LogP contribution in [0.5, 0.6) is 0 Å². The molecule has 5 aliphatic rings. The van der Waals surface area contributed by atoms with Gasteiger partial charge in [-0.3, -0.25) is 0 Å². The molecule has 6 rings (SSSR count). The number of aliphatic hydroxyl groups excluding tert-OH is 1. The Kier molecular flexibility index (Phi) is 9.90. The number of carbonyl (C=O) groups excluding carboxylic acids is 3. The summed E-state index contributed by atoms with van der Waals surface area (Å²) in [5, 5.41) is 12.0. The molecule has 3 aliphatic carbocycles. The lowest BCUT2D eigenvalue weighted by atomic mass is 9.57. The van der Waals surface area contributed by atoms with Crippen molar-refractivity contribution in [2.45, 2.75) is 89.3 Å². The lowest BCUT2D eigenvalue weighted by Crippen LogP contribution is -2.57. The molecule has 2 aliphatic heterocycles. The van der Waals surface area contributed by atoms with Crippen molar-refractivity contribution in [1.82, 2.24) is 0 Å². The minimum absolute atomic E-state index is 0.00626. The Morgan fingerprint density at radius 2 is 1.92 bits per heavy atom. The van der Waals surface area contributed by atoms with E-state index in [2.05, 4.69) is 12.2 Å². The zero-order chi connectivity index (χ0) is 35.2. The Morgan fingerprint density at radius 1 is 1.18 bits per heavy atom. The highest BCUT2D eigenvalue weighted by Gasteiger charge is 2.69. The van der Waals surface area contributed by atoms with Crippen LogP contribution in [0.4, 0.5) is 5.69 Å². The average molecular weight is 678 g/mol. The Hall–Kier alpha value is -3.80. The van der Waals surface area contributed by atoms with E-state index in [1.807, 2.05) is 82.5 Å². The van der Waals surface area contributed by atoms with Crippen LogP contribution in [0.3, 0.4) is 0 Å². The normalized spacial score (nSPS) is 38.0. The summed E-state index contributed by atoms with van der Waals surface area (Å²) in [5.74, 6) is -3.09. The fourth-order valence-corrected chi connectivity index (χ4v) is 8.60. The van der Waals surface area contributed by atoms with E-state index in [0.29, 0.717) is 12.0 Å². The van der Waals surface area contributed by atoms with Gasteiger partial charge >= 0.3 is 17.9 Å². The number of hydrogen-bond donors (Lipinski definition) is 1. The lowest BCUT2D eigenvalue weighted by molar-refractivity contribution is -0.686. The number of pyridine rings is 1. The highest BCUT2D eigenvalue weighted by atomic mass is 16.6. The van der Waals surface area contributed by atoms with Crippen LogP contribution in [0.25, 0.3) is 0 Å².